The Morgan fingerprint density at radius 1 is 1.50 bits per heavy atom. The number of aromatic nitrogens is 1. The van der Waals surface area contributed by atoms with Crippen LogP contribution in [-0.2, 0) is 11.3 Å². The summed E-state index contributed by atoms with van der Waals surface area (Å²) < 4.78 is 0. The number of carbonyl (C=O) groups is 1. The quantitative estimate of drug-likeness (QED) is 0.797. The molecule has 2 atom stereocenters. The molecule has 1 fully saturated rings. The van der Waals surface area contributed by atoms with Crippen LogP contribution in [0.25, 0.3) is 0 Å². The minimum Gasteiger partial charge on any atom is -0.355 e. The van der Waals surface area contributed by atoms with Crippen LogP contribution in [-0.4, -0.2) is 41.0 Å². The van der Waals surface area contributed by atoms with Crippen molar-refractivity contribution in [3.8, 4) is 0 Å². The summed E-state index contributed by atoms with van der Waals surface area (Å²) in [5.74, 6) is 0.0379. The number of nitrogens with zero attached hydrogens (tertiary/aromatic N) is 2. The van der Waals surface area contributed by atoms with Crippen LogP contribution in [0.3, 0.4) is 0 Å². The van der Waals surface area contributed by atoms with Gasteiger partial charge in [-0.05, 0) is 31.0 Å². The number of carbonyl (C=O) groups excluding carboxylic acids is 1. The lowest BCUT2D eigenvalue weighted by Gasteiger charge is -2.32. The van der Waals surface area contributed by atoms with Crippen molar-refractivity contribution in [2.45, 2.75) is 32.0 Å². The van der Waals surface area contributed by atoms with E-state index in [4.69, 9.17) is 5.73 Å². The molecule has 0 aliphatic carbocycles. The molecular formula is C13H20N4O. The van der Waals surface area contributed by atoms with Crippen LogP contribution in [0.1, 0.15) is 18.9 Å². The zero-order chi connectivity index (χ0) is 13.0. The predicted octanol–water partition coefficient (Wildman–Crippen LogP) is 0.119. The Kier molecular flexibility index (Phi) is 4.28. The molecule has 5 nitrogen and oxygen atoms in total. The molecule has 1 saturated heterocycles. The summed E-state index contributed by atoms with van der Waals surface area (Å²) >= 11 is 0. The number of nitrogens with two attached hydrogens (primary N) is 1. The zero-order valence-corrected chi connectivity index (χ0v) is 10.7. The van der Waals surface area contributed by atoms with Gasteiger partial charge in [0.15, 0.2) is 0 Å². The maximum Gasteiger partial charge on any atom is 0.238 e. The van der Waals surface area contributed by atoms with E-state index >= 15 is 0 Å². The molecule has 5 heteroatoms. The fourth-order valence-electron chi connectivity index (χ4n) is 2.35. The molecule has 0 radical (unpaired) electrons. The van der Waals surface area contributed by atoms with Gasteiger partial charge in [-0.25, -0.2) is 0 Å². The Hall–Kier alpha value is -1.46. The lowest BCUT2D eigenvalue weighted by molar-refractivity contribution is -0.125. The highest BCUT2D eigenvalue weighted by atomic mass is 16.2. The molecule has 1 aromatic heterocycles. The summed E-state index contributed by atoms with van der Waals surface area (Å²) in [6.07, 6.45) is 4.50. The molecule has 18 heavy (non-hydrogen) atoms. The van der Waals surface area contributed by atoms with Gasteiger partial charge >= 0.3 is 0 Å². The van der Waals surface area contributed by atoms with E-state index in [1.807, 2.05) is 12.1 Å². The molecule has 0 aromatic carbocycles. The minimum absolute atomic E-state index is 0.0379. The van der Waals surface area contributed by atoms with Crippen LogP contribution >= 0.6 is 0 Å². The lowest BCUT2D eigenvalue weighted by atomic mass is 10.1. The largest absolute Gasteiger partial charge is 0.355 e. The second-order valence-corrected chi connectivity index (χ2v) is 4.71. The number of hydrogen-bond donors (Lipinski definition) is 2. The smallest absolute Gasteiger partial charge is 0.238 e. The minimum atomic E-state index is -0.240. The Morgan fingerprint density at radius 3 is 2.89 bits per heavy atom. The third-order valence-corrected chi connectivity index (χ3v) is 3.47. The highest BCUT2D eigenvalue weighted by Gasteiger charge is 2.30. The van der Waals surface area contributed by atoms with Gasteiger partial charge in [-0.1, -0.05) is 0 Å². The van der Waals surface area contributed by atoms with Crippen LogP contribution in [0.4, 0.5) is 0 Å². The highest BCUT2D eigenvalue weighted by molar-refractivity contribution is 5.82. The van der Waals surface area contributed by atoms with E-state index in [0.717, 1.165) is 25.1 Å². The second-order valence-electron chi connectivity index (χ2n) is 4.71. The summed E-state index contributed by atoms with van der Waals surface area (Å²) in [5.41, 5.74) is 6.91. The van der Waals surface area contributed by atoms with Crippen LogP contribution in [0.15, 0.2) is 24.5 Å². The van der Waals surface area contributed by atoms with E-state index in [9.17, 15) is 4.79 Å². The van der Waals surface area contributed by atoms with E-state index < -0.39 is 0 Å². The van der Waals surface area contributed by atoms with Gasteiger partial charge < -0.3 is 11.1 Å². The highest BCUT2D eigenvalue weighted by Crippen LogP contribution is 2.16. The van der Waals surface area contributed by atoms with Crippen molar-refractivity contribution in [2.75, 3.05) is 13.1 Å². The molecule has 1 amide bonds. The van der Waals surface area contributed by atoms with Crippen molar-refractivity contribution < 1.29 is 4.79 Å². The van der Waals surface area contributed by atoms with Crippen molar-refractivity contribution in [3.63, 3.8) is 0 Å². The Labute approximate surface area is 107 Å². The first kappa shape index (κ1) is 13.0. The van der Waals surface area contributed by atoms with Crippen molar-refractivity contribution >= 4 is 5.91 Å². The molecule has 2 unspecified atom stereocenters. The molecule has 1 aliphatic heterocycles. The van der Waals surface area contributed by atoms with Gasteiger partial charge in [0.05, 0.1) is 0 Å². The first-order valence-corrected chi connectivity index (χ1v) is 6.35. The van der Waals surface area contributed by atoms with Crippen molar-refractivity contribution in [1.82, 2.24) is 15.2 Å². The predicted molar refractivity (Wildman–Crippen MR) is 69.7 cm³/mol. The van der Waals surface area contributed by atoms with Crippen molar-refractivity contribution in [1.29, 1.82) is 0 Å². The third-order valence-electron chi connectivity index (χ3n) is 3.47. The van der Waals surface area contributed by atoms with Gasteiger partial charge in [-0.2, -0.15) is 0 Å². The van der Waals surface area contributed by atoms with Crippen molar-refractivity contribution in [3.05, 3.63) is 30.1 Å². The molecule has 0 spiro atoms. The Balaban J connectivity index is 2.17. The molecule has 2 heterocycles. The molecular weight excluding hydrogens is 228 g/mol. The summed E-state index contributed by atoms with van der Waals surface area (Å²) in [4.78, 5) is 18.1. The fourth-order valence-corrected chi connectivity index (χ4v) is 2.35. The van der Waals surface area contributed by atoms with Gasteiger partial charge in [0.2, 0.25) is 5.91 Å². The van der Waals surface area contributed by atoms with E-state index in [0.29, 0.717) is 12.6 Å². The fraction of sp³-hybridized carbons (Fsp3) is 0.538. The standard InChI is InChI=1S/C13H20N4O/c1-10-2-7-16-13(18)12(8-14)17(10)9-11-3-5-15-6-4-11/h3-6,10,12H,2,7-9,14H2,1H3,(H,16,18). The van der Waals surface area contributed by atoms with Crippen LogP contribution < -0.4 is 11.1 Å². The maximum absolute atomic E-state index is 11.9. The maximum atomic E-state index is 11.9. The molecule has 1 aromatic rings. The van der Waals surface area contributed by atoms with Gasteiger partial charge in [0.1, 0.15) is 6.04 Å². The number of rotatable bonds is 3. The SMILES string of the molecule is CC1CCNC(=O)C(CN)N1Cc1ccncc1. The first-order valence-electron chi connectivity index (χ1n) is 6.35. The number of nitrogens with one attached hydrogen (secondary N) is 1. The molecule has 2 rings (SSSR count). The van der Waals surface area contributed by atoms with Crippen LogP contribution in [0.5, 0.6) is 0 Å². The topological polar surface area (TPSA) is 71.2 Å². The van der Waals surface area contributed by atoms with Gasteiger partial charge in [-0.15, -0.1) is 0 Å². The molecule has 0 bridgehead atoms. The summed E-state index contributed by atoms with van der Waals surface area (Å²) in [6, 6.07) is 4.05. The molecule has 1 aliphatic rings. The van der Waals surface area contributed by atoms with Gasteiger partial charge in [0.25, 0.3) is 0 Å². The average molecular weight is 248 g/mol. The summed E-state index contributed by atoms with van der Waals surface area (Å²) in [6.45, 7) is 3.95. The monoisotopic (exact) mass is 248 g/mol. The van der Waals surface area contributed by atoms with Gasteiger partial charge in [0, 0.05) is 38.1 Å². The second kappa shape index (κ2) is 5.93. The summed E-state index contributed by atoms with van der Waals surface area (Å²) in [7, 11) is 0. The number of amides is 1. The average Bonchev–Trinajstić information content (AvgIpc) is 2.51. The Bertz CT molecular complexity index is 395. The molecule has 98 valence electrons. The number of hydrogen-bond acceptors (Lipinski definition) is 4. The van der Waals surface area contributed by atoms with E-state index in [1.54, 1.807) is 12.4 Å². The lowest BCUT2D eigenvalue weighted by Crippen LogP contribution is -2.50. The summed E-state index contributed by atoms with van der Waals surface area (Å²) in [5, 5.41) is 2.92. The van der Waals surface area contributed by atoms with E-state index in [2.05, 4.69) is 22.1 Å². The van der Waals surface area contributed by atoms with E-state index in [-0.39, 0.29) is 11.9 Å². The number of pyridine rings is 1. The van der Waals surface area contributed by atoms with E-state index in [1.165, 1.54) is 0 Å². The van der Waals surface area contributed by atoms with Crippen LogP contribution in [0, 0.1) is 0 Å². The van der Waals surface area contributed by atoms with Crippen molar-refractivity contribution in [2.24, 2.45) is 5.73 Å². The Morgan fingerprint density at radius 2 is 2.22 bits per heavy atom. The molecule has 0 saturated carbocycles. The third kappa shape index (κ3) is 2.86. The first-order chi connectivity index (χ1) is 8.72. The normalized spacial score (nSPS) is 25.6. The van der Waals surface area contributed by atoms with Crippen LogP contribution in [0.2, 0.25) is 0 Å². The van der Waals surface area contributed by atoms with Gasteiger partial charge in [-0.3, -0.25) is 14.7 Å². The zero-order valence-electron chi connectivity index (χ0n) is 10.7. The molecule has 3 N–H and O–H groups in total.